The van der Waals surface area contributed by atoms with Crippen molar-refractivity contribution in [2.75, 3.05) is 6.54 Å². The highest BCUT2D eigenvalue weighted by Crippen LogP contribution is 2.38. The minimum atomic E-state index is -0.876. The van der Waals surface area contributed by atoms with Crippen LogP contribution in [0.15, 0.2) is 24.3 Å². The van der Waals surface area contributed by atoms with E-state index in [1.54, 1.807) is 12.1 Å². The third-order valence-corrected chi connectivity index (χ3v) is 4.34. The predicted octanol–water partition coefficient (Wildman–Crippen LogP) is 2.60. The van der Waals surface area contributed by atoms with Gasteiger partial charge in [-0.2, -0.15) is 0 Å². The summed E-state index contributed by atoms with van der Waals surface area (Å²) in [4.78, 5) is 26.8. The standard InChI is InChI=1S/C16H22N2O5/c17-12-16(7-2-1-3-8-16)10-15(19)22-11-13-5-4-6-14(9-13)23-18(20)21/h4-6,9H,1-3,7-8,10-12,17H2. The summed E-state index contributed by atoms with van der Waals surface area (Å²) in [6, 6.07) is 6.29. The number of hydrogen-bond donors (Lipinski definition) is 1. The van der Waals surface area contributed by atoms with Crippen LogP contribution in [-0.4, -0.2) is 17.6 Å². The number of rotatable bonds is 7. The quantitative estimate of drug-likeness (QED) is 0.470. The Morgan fingerprint density at radius 3 is 2.70 bits per heavy atom. The fraction of sp³-hybridized carbons (Fsp3) is 0.562. The smallest absolute Gasteiger partial charge is 0.306 e. The van der Waals surface area contributed by atoms with Gasteiger partial charge in [0.15, 0.2) is 0 Å². The molecule has 0 unspecified atom stereocenters. The van der Waals surface area contributed by atoms with Crippen molar-refractivity contribution in [2.24, 2.45) is 11.1 Å². The average Bonchev–Trinajstić information content (AvgIpc) is 2.53. The molecular formula is C16H22N2O5. The molecule has 0 aromatic heterocycles. The lowest BCUT2D eigenvalue weighted by Gasteiger charge is -2.35. The Labute approximate surface area is 134 Å². The first-order valence-corrected chi connectivity index (χ1v) is 7.80. The number of carbonyl (C=O) groups excluding carboxylic acids is 1. The zero-order valence-corrected chi connectivity index (χ0v) is 13.0. The molecule has 1 fully saturated rings. The van der Waals surface area contributed by atoms with Crippen molar-refractivity contribution >= 4 is 5.97 Å². The molecule has 0 bridgehead atoms. The van der Waals surface area contributed by atoms with Gasteiger partial charge in [-0.05, 0) is 42.5 Å². The van der Waals surface area contributed by atoms with E-state index in [9.17, 15) is 14.9 Å². The van der Waals surface area contributed by atoms with Gasteiger partial charge in [0.25, 0.3) is 5.09 Å². The van der Waals surface area contributed by atoms with Gasteiger partial charge >= 0.3 is 5.97 Å². The van der Waals surface area contributed by atoms with Crippen LogP contribution in [-0.2, 0) is 16.1 Å². The Hall–Kier alpha value is -2.15. The first kappa shape index (κ1) is 17.2. The third kappa shape index (κ3) is 5.21. The van der Waals surface area contributed by atoms with Gasteiger partial charge in [-0.15, -0.1) is 10.1 Å². The molecule has 2 rings (SSSR count). The van der Waals surface area contributed by atoms with E-state index in [1.807, 2.05) is 0 Å². The van der Waals surface area contributed by atoms with E-state index in [-0.39, 0.29) is 23.7 Å². The molecule has 1 aromatic rings. The molecule has 7 heteroatoms. The number of hydrogen-bond acceptors (Lipinski definition) is 6. The van der Waals surface area contributed by atoms with Gasteiger partial charge in [-0.3, -0.25) is 9.63 Å². The molecule has 1 aliphatic rings. The molecule has 1 aromatic carbocycles. The molecule has 0 amide bonds. The highest BCUT2D eigenvalue weighted by molar-refractivity contribution is 5.70. The van der Waals surface area contributed by atoms with Gasteiger partial charge in [0.1, 0.15) is 12.4 Å². The van der Waals surface area contributed by atoms with Crippen molar-refractivity contribution in [3.63, 3.8) is 0 Å². The van der Waals surface area contributed by atoms with Crippen LogP contribution in [0.4, 0.5) is 0 Å². The van der Waals surface area contributed by atoms with Crippen molar-refractivity contribution < 1.29 is 19.5 Å². The zero-order chi connectivity index (χ0) is 16.7. The number of carbonyl (C=O) groups is 1. The largest absolute Gasteiger partial charge is 0.461 e. The monoisotopic (exact) mass is 322 g/mol. The van der Waals surface area contributed by atoms with Crippen LogP contribution >= 0.6 is 0 Å². The lowest BCUT2D eigenvalue weighted by molar-refractivity contribution is -0.711. The minimum Gasteiger partial charge on any atom is -0.461 e. The Morgan fingerprint density at radius 2 is 2.04 bits per heavy atom. The number of ether oxygens (including phenoxy) is 1. The lowest BCUT2D eigenvalue weighted by atomic mass is 9.72. The summed E-state index contributed by atoms with van der Waals surface area (Å²) in [7, 11) is 0. The van der Waals surface area contributed by atoms with Crippen LogP contribution in [0.5, 0.6) is 5.75 Å². The summed E-state index contributed by atoms with van der Waals surface area (Å²) in [6.45, 7) is 0.558. The van der Waals surface area contributed by atoms with E-state index >= 15 is 0 Å². The number of esters is 1. The molecule has 0 aliphatic heterocycles. The van der Waals surface area contributed by atoms with Crippen LogP contribution < -0.4 is 10.6 Å². The highest BCUT2D eigenvalue weighted by atomic mass is 17.0. The summed E-state index contributed by atoms with van der Waals surface area (Å²) in [5, 5.41) is 9.45. The summed E-state index contributed by atoms with van der Waals surface area (Å²) >= 11 is 0. The van der Waals surface area contributed by atoms with E-state index in [1.165, 1.54) is 18.6 Å². The lowest BCUT2D eigenvalue weighted by Crippen LogP contribution is -2.35. The summed E-state index contributed by atoms with van der Waals surface area (Å²) in [6.07, 6.45) is 5.65. The number of nitrogens with two attached hydrogens (primary N) is 1. The normalized spacial score (nSPS) is 16.6. The topological polar surface area (TPSA) is 105 Å². The maximum absolute atomic E-state index is 12.1. The van der Waals surface area contributed by atoms with Crippen LogP contribution in [0.1, 0.15) is 44.1 Å². The Morgan fingerprint density at radius 1 is 1.30 bits per heavy atom. The summed E-state index contributed by atoms with van der Waals surface area (Å²) < 4.78 is 5.30. The molecule has 23 heavy (non-hydrogen) atoms. The van der Waals surface area contributed by atoms with Crippen LogP contribution in [0.25, 0.3) is 0 Å². The van der Waals surface area contributed by atoms with Gasteiger partial charge in [0.2, 0.25) is 0 Å². The van der Waals surface area contributed by atoms with Crippen LogP contribution in [0.2, 0.25) is 0 Å². The average molecular weight is 322 g/mol. The SMILES string of the molecule is NCC1(CC(=O)OCc2cccc(O[N+](=O)[O-])c2)CCCCC1. The van der Waals surface area contributed by atoms with E-state index in [0.717, 1.165) is 25.7 Å². The van der Waals surface area contributed by atoms with Crippen molar-refractivity contribution in [3.8, 4) is 5.75 Å². The first-order valence-electron chi connectivity index (χ1n) is 7.80. The van der Waals surface area contributed by atoms with Crippen molar-refractivity contribution in [1.29, 1.82) is 0 Å². The maximum atomic E-state index is 12.1. The van der Waals surface area contributed by atoms with Gasteiger partial charge in [-0.1, -0.05) is 31.4 Å². The summed E-state index contributed by atoms with van der Waals surface area (Å²) in [5.74, 6) is -0.174. The molecule has 0 heterocycles. The molecule has 0 spiro atoms. The molecule has 0 radical (unpaired) electrons. The maximum Gasteiger partial charge on any atom is 0.306 e. The fourth-order valence-corrected chi connectivity index (χ4v) is 3.05. The number of nitrogens with zero attached hydrogens (tertiary/aromatic N) is 1. The van der Waals surface area contributed by atoms with E-state index in [0.29, 0.717) is 18.5 Å². The minimum absolute atomic E-state index is 0.0639. The van der Waals surface area contributed by atoms with E-state index < -0.39 is 5.09 Å². The van der Waals surface area contributed by atoms with E-state index in [4.69, 9.17) is 10.5 Å². The van der Waals surface area contributed by atoms with Crippen molar-refractivity contribution in [1.82, 2.24) is 0 Å². The summed E-state index contributed by atoms with van der Waals surface area (Å²) in [5.41, 5.74) is 6.38. The van der Waals surface area contributed by atoms with Crippen molar-refractivity contribution in [3.05, 3.63) is 39.9 Å². The predicted molar refractivity (Wildman–Crippen MR) is 83.0 cm³/mol. The Kier molecular flexibility index (Phi) is 5.92. The molecular weight excluding hydrogens is 300 g/mol. The third-order valence-electron chi connectivity index (χ3n) is 4.34. The second-order valence-corrected chi connectivity index (χ2v) is 6.06. The van der Waals surface area contributed by atoms with Crippen LogP contribution in [0.3, 0.4) is 0 Å². The van der Waals surface area contributed by atoms with Gasteiger partial charge in [0.05, 0.1) is 6.42 Å². The number of benzene rings is 1. The molecule has 2 N–H and O–H groups in total. The zero-order valence-electron chi connectivity index (χ0n) is 13.0. The second-order valence-electron chi connectivity index (χ2n) is 6.06. The van der Waals surface area contributed by atoms with Crippen molar-refractivity contribution in [2.45, 2.75) is 45.1 Å². The first-order chi connectivity index (χ1) is 11.0. The van der Waals surface area contributed by atoms with E-state index in [2.05, 4.69) is 4.84 Å². The fourth-order valence-electron chi connectivity index (χ4n) is 3.05. The molecule has 7 nitrogen and oxygen atoms in total. The highest BCUT2D eigenvalue weighted by Gasteiger charge is 2.33. The molecule has 126 valence electrons. The Balaban J connectivity index is 1.87. The van der Waals surface area contributed by atoms with Crippen LogP contribution in [0, 0.1) is 15.5 Å². The second kappa shape index (κ2) is 7.92. The molecule has 0 saturated heterocycles. The van der Waals surface area contributed by atoms with Gasteiger partial charge in [-0.25, -0.2) is 0 Å². The van der Waals surface area contributed by atoms with Gasteiger partial charge < -0.3 is 10.5 Å². The van der Waals surface area contributed by atoms with Gasteiger partial charge in [0, 0.05) is 0 Å². The Bertz CT molecular complexity index is 555. The molecule has 1 aliphatic carbocycles. The molecule has 1 saturated carbocycles. The molecule has 0 atom stereocenters.